The maximum atomic E-state index is 12.1. The smallest absolute Gasteiger partial charge is 0.347 e. The van der Waals surface area contributed by atoms with Crippen LogP contribution in [-0.2, 0) is 0 Å². The Morgan fingerprint density at radius 2 is 2.00 bits per heavy atom. The van der Waals surface area contributed by atoms with E-state index < -0.39 is 0 Å². The number of fused-ring (bicyclic) bond motifs is 1. The molecule has 0 saturated heterocycles. The zero-order valence-electron chi connectivity index (χ0n) is 8.58. The molecule has 1 aliphatic heterocycles. The normalized spacial score (nSPS) is 19.4. The van der Waals surface area contributed by atoms with Crippen LogP contribution in [0.1, 0.15) is 10.4 Å². The number of quaternary nitrogens is 1. The predicted octanol–water partition coefficient (Wildman–Crippen LogP) is 1.33. The number of anilines is 1. The first kappa shape index (κ1) is 9.21. The van der Waals surface area contributed by atoms with E-state index in [1.807, 2.05) is 38.4 Å². The van der Waals surface area contributed by atoms with Crippen LogP contribution in [0.25, 0.3) is 0 Å². The molecule has 0 radical (unpaired) electrons. The van der Waals surface area contributed by atoms with E-state index >= 15 is 0 Å². The number of carbonyl (C=O) groups excluding carboxylic acids is 1. The van der Waals surface area contributed by atoms with Crippen molar-refractivity contribution in [2.75, 3.05) is 32.5 Å². The van der Waals surface area contributed by atoms with Gasteiger partial charge in [0.2, 0.25) is 0 Å². The number of hydrogen-bond acceptors (Lipinski definition) is 2. The first-order valence-corrected chi connectivity index (χ1v) is 4.82. The first-order valence-electron chi connectivity index (χ1n) is 4.82. The molecule has 0 fully saturated rings. The molecule has 14 heavy (non-hydrogen) atoms. The van der Waals surface area contributed by atoms with Crippen molar-refractivity contribution in [1.82, 2.24) is 0 Å². The van der Waals surface area contributed by atoms with Crippen LogP contribution in [0.15, 0.2) is 24.3 Å². The molecule has 0 aromatic heterocycles. The highest BCUT2D eigenvalue weighted by Gasteiger charge is 2.31. The van der Waals surface area contributed by atoms with Crippen LogP contribution in [-0.4, -0.2) is 37.6 Å². The highest BCUT2D eigenvalue weighted by atomic mass is 16.2. The molecule has 2 rings (SSSR count). The topological polar surface area (TPSA) is 29.1 Å². The van der Waals surface area contributed by atoms with Crippen LogP contribution in [0.4, 0.5) is 5.69 Å². The van der Waals surface area contributed by atoms with Crippen LogP contribution in [0.3, 0.4) is 0 Å². The van der Waals surface area contributed by atoms with E-state index in [1.165, 1.54) is 0 Å². The van der Waals surface area contributed by atoms with Gasteiger partial charge in [-0.05, 0) is 12.1 Å². The second kappa shape index (κ2) is 3.10. The van der Waals surface area contributed by atoms with Crippen molar-refractivity contribution >= 4 is 11.6 Å². The van der Waals surface area contributed by atoms with Crippen molar-refractivity contribution in [2.45, 2.75) is 0 Å². The third kappa shape index (κ3) is 1.40. The zero-order chi connectivity index (χ0) is 10.2. The van der Waals surface area contributed by atoms with E-state index in [0.29, 0.717) is 4.48 Å². The van der Waals surface area contributed by atoms with Crippen molar-refractivity contribution < 1.29 is 9.28 Å². The molecular formula is C11H15N2O+. The molecule has 1 aromatic carbocycles. The summed E-state index contributed by atoms with van der Waals surface area (Å²) in [6.45, 7) is 1.67. The number of rotatable bonds is 0. The van der Waals surface area contributed by atoms with Gasteiger partial charge < -0.3 is 5.32 Å². The molecule has 1 heterocycles. The van der Waals surface area contributed by atoms with Gasteiger partial charge in [-0.25, -0.2) is 4.79 Å². The van der Waals surface area contributed by atoms with Crippen LogP contribution in [0.2, 0.25) is 0 Å². The molecule has 1 aliphatic rings. The standard InChI is InChI=1S/C11H14N2O/c1-13(2)8-7-12-10-6-4-3-5-9(10)11(13)14/h3-6H,7-8H2,1-2H3/p+1. The third-order valence-electron chi connectivity index (χ3n) is 2.69. The van der Waals surface area contributed by atoms with Gasteiger partial charge in [-0.1, -0.05) is 12.1 Å². The molecule has 0 spiro atoms. The van der Waals surface area contributed by atoms with Crippen LogP contribution in [0, 0.1) is 0 Å². The van der Waals surface area contributed by atoms with Gasteiger partial charge in [0.05, 0.1) is 26.3 Å². The number of benzene rings is 1. The molecule has 0 aliphatic carbocycles. The molecule has 1 aromatic rings. The summed E-state index contributed by atoms with van der Waals surface area (Å²) in [5.41, 5.74) is 1.76. The summed E-state index contributed by atoms with van der Waals surface area (Å²) in [4.78, 5) is 12.1. The number of para-hydroxylation sites is 1. The number of likely N-dealkylation sites (N-methyl/N-ethyl adjacent to an activating group) is 1. The number of amides is 1. The summed E-state index contributed by atoms with van der Waals surface area (Å²) in [7, 11) is 3.90. The number of nitrogens with one attached hydrogen (secondary N) is 1. The Kier molecular flexibility index (Phi) is 2.04. The predicted molar refractivity (Wildman–Crippen MR) is 56.2 cm³/mol. The fourth-order valence-corrected chi connectivity index (χ4v) is 1.72. The number of nitrogens with zero attached hydrogens (tertiary/aromatic N) is 1. The fourth-order valence-electron chi connectivity index (χ4n) is 1.72. The van der Waals surface area contributed by atoms with Gasteiger partial charge in [0, 0.05) is 0 Å². The Bertz CT molecular complexity index is 371. The minimum atomic E-state index is 0.186. The molecule has 1 amide bonds. The third-order valence-corrected chi connectivity index (χ3v) is 2.69. The van der Waals surface area contributed by atoms with Gasteiger partial charge in [-0.15, -0.1) is 0 Å². The minimum Gasteiger partial charge on any atom is -0.379 e. The lowest BCUT2D eigenvalue weighted by Gasteiger charge is -2.24. The van der Waals surface area contributed by atoms with E-state index in [0.717, 1.165) is 24.3 Å². The molecule has 0 atom stereocenters. The maximum Gasteiger partial charge on any atom is 0.347 e. The summed E-state index contributed by atoms with van der Waals surface area (Å²) >= 11 is 0. The Labute approximate surface area is 83.9 Å². The van der Waals surface area contributed by atoms with E-state index in [4.69, 9.17) is 0 Å². The summed E-state index contributed by atoms with van der Waals surface area (Å²) in [5, 5.41) is 3.27. The lowest BCUT2D eigenvalue weighted by Crippen LogP contribution is -2.46. The Morgan fingerprint density at radius 1 is 1.29 bits per heavy atom. The van der Waals surface area contributed by atoms with Crippen molar-refractivity contribution in [3.63, 3.8) is 0 Å². The minimum absolute atomic E-state index is 0.186. The summed E-state index contributed by atoms with van der Waals surface area (Å²) in [6, 6.07) is 7.70. The average molecular weight is 191 g/mol. The quantitative estimate of drug-likeness (QED) is 0.627. The second-order valence-electron chi connectivity index (χ2n) is 4.19. The summed E-state index contributed by atoms with van der Waals surface area (Å²) in [6.07, 6.45) is 0. The highest BCUT2D eigenvalue weighted by Crippen LogP contribution is 2.21. The monoisotopic (exact) mass is 191 g/mol. The van der Waals surface area contributed by atoms with Gasteiger partial charge in [0.25, 0.3) is 0 Å². The van der Waals surface area contributed by atoms with Crippen LogP contribution in [0.5, 0.6) is 0 Å². The van der Waals surface area contributed by atoms with Gasteiger partial charge in [-0.2, -0.15) is 0 Å². The fraction of sp³-hybridized carbons (Fsp3) is 0.364. The van der Waals surface area contributed by atoms with Gasteiger partial charge >= 0.3 is 5.91 Å². The lowest BCUT2D eigenvalue weighted by molar-refractivity contribution is -0.805. The Hall–Kier alpha value is -1.35. The van der Waals surface area contributed by atoms with Gasteiger partial charge in [0.15, 0.2) is 0 Å². The van der Waals surface area contributed by atoms with Crippen molar-refractivity contribution in [1.29, 1.82) is 0 Å². The van der Waals surface area contributed by atoms with Crippen LogP contribution < -0.4 is 5.32 Å². The van der Waals surface area contributed by atoms with E-state index in [1.54, 1.807) is 0 Å². The second-order valence-corrected chi connectivity index (χ2v) is 4.19. The van der Waals surface area contributed by atoms with E-state index in [2.05, 4.69) is 5.32 Å². The van der Waals surface area contributed by atoms with Crippen molar-refractivity contribution in [2.24, 2.45) is 0 Å². The number of hydrogen-bond donors (Lipinski definition) is 1. The number of carbonyl (C=O) groups is 1. The van der Waals surface area contributed by atoms with Gasteiger partial charge in [-0.3, -0.25) is 4.48 Å². The Morgan fingerprint density at radius 3 is 2.79 bits per heavy atom. The van der Waals surface area contributed by atoms with Crippen molar-refractivity contribution in [3.8, 4) is 0 Å². The molecule has 3 heteroatoms. The average Bonchev–Trinajstić information content (AvgIpc) is 2.27. The molecule has 1 N–H and O–H groups in total. The molecular weight excluding hydrogens is 176 g/mol. The highest BCUT2D eigenvalue weighted by molar-refractivity contribution is 5.95. The van der Waals surface area contributed by atoms with Gasteiger partial charge in [0.1, 0.15) is 12.1 Å². The lowest BCUT2D eigenvalue weighted by atomic mass is 10.1. The van der Waals surface area contributed by atoms with E-state index in [9.17, 15) is 4.79 Å². The molecule has 0 saturated carbocycles. The molecule has 0 unspecified atom stereocenters. The molecule has 74 valence electrons. The molecule has 3 nitrogen and oxygen atoms in total. The summed E-state index contributed by atoms with van der Waals surface area (Å²) in [5.74, 6) is 0.186. The van der Waals surface area contributed by atoms with Crippen LogP contribution >= 0.6 is 0 Å². The Balaban J connectivity index is 2.51. The SMILES string of the molecule is C[N+]1(C)CCNc2ccccc2C1=O. The largest absolute Gasteiger partial charge is 0.379 e. The zero-order valence-corrected chi connectivity index (χ0v) is 8.58. The first-order chi connectivity index (χ1) is 6.61. The molecule has 0 bridgehead atoms. The maximum absolute atomic E-state index is 12.1. The summed E-state index contributed by atoms with van der Waals surface area (Å²) < 4.78 is 0.421. The van der Waals surface area contributed by atoms with E-state index in [-0.39, 0.29) is 5.91 Å². The van der Waals surface area contributed by atoms with Crippen molar-refractivity contribution in [3.05, 3.63) is 29.8 Å².